The van der Waals surface area contributed by atoms with Crippen LogP contribution < -0.4 is 0 Å². The van der Waals surface area contributed by atoms with Crippen LogP contribution in [-0.2, 0) is 11.3 Å². The van der Waals surface area contributed by atoms with Crippen LogP contribution in [0.3, 0.4) is 0 Å². The zero-order valence-corrected chi connectivity index (χ0v) is 6.66. The molecule has 0 bridgehead atoms. The van der Waals surface area contributed by atoms with Crippen LogP contribution in [0.1, 0.15) is 12.5 Å². The zero-order valence-electron chi connectivity index (χ0n) is 6.66. The highest BCUT2D eigenvalue weighted by Gasteiger charge is 1.93. The minimum atomic E-state index is -0.185. The van der Waals surface area contributed by atoms with Gasteiger partial charge in [0.25, 0.3) is 0 Å². The minimum absolute atomic E-state index is 0.185. The Morgan fingerprint density at radius 3 is 2.55 bits per heavy atom. The van der Waals surface area contributed by atoms with E-state index >= 15 is 0 Å². The molecule has 0 aliphatic rings. The molecule has 1 heteroatoms. The summed E-state index contributed by atoms with van der Waals surface area (Å²) in [4.78, 5) is 0. The van der Waals surface area contributed by atoms with Crippen molar-refractivity contribution in [2.24, 2.45) is 0 Å². The maximum absolute atomic E-state index is 5.42. The van der Waals surface area contributed by atoms with Crippen molar-refractivity contribution in [3.05, 3.63) is 42.8 Å². The molecule has 0 aliphatic heterocycles. The molecule has 0 aliphatic carbocycles. The van der Waals surface area contributed by atoms with E-state index in [9.17, 15) is 0 Å². The van der Waals surface area contributed by atoms with Crippen molar-refractivity contribution in [3.63, 3.8) is 0 Å². The molecule has 0 saturated heterocycles. The second kappa shape index (κ2) is 4.14. The van der Waals surface area contributed by atoms with Gasteiger partial charge in [-0.25, -0.2) is 0 Å². The van der Waals surface area contributed by atoms with Crippen LogP contribution in [-0.4, -0.2) is 6.10 Å². The highest BCUT2D eigenvalue weighted by Crippen LogP contribution is 2.01. The van der Waals surface area contributed by atoms with Crippen molar-refractivity contribution >= 4 is 0 Å². The number of ether oxygens (including phenoxy) is 1. The van der Waals surface area contributed by atoms with Crippen LogP contribution in [0.2, 0.25) is 0 Å². The lowest BCUT2D eigenvalue weighted by Crippen LogP contribution is -2.02. The molecule has 1 nitrogen and oxygen atoms in total. The van der Waals surface area contributed by atoms with Crippen LogP contribution in [0.15, 0.2) is 30.3 Å². The standard InChI is InChI=1S/C10H12O/c1-9(2)11-8-10-6-4-3-5-7-10/h1,3-7,9H,8H2,2H3. The van der Waals surface area contributed by atoms with Gasteiger partial charge in [-0.2, -0.15) is 0 Å². The topological polar surface area (TPSA) is 9.23 Å². The van der Waals surface area contributed by atoms with Gasteiger partial charge in [-0.1, -0.05) is 30.3 Å². The predicted octanol–water partition coefficient (Wildman–Crippen LogP) is 2.30. The molecule has 1 unspecified atom stereocenters. The second-order valence-electron chi connectivity index (χ2n) is 2.50. The van der Waals surface area contributed by atoms with E-state index in [1.807, 2.05) is 37.3 Å². The SMILES string of the molecule is [CH]C(C)OCc1ccccc1. The van der Waals surface area contributed by atoms with Gasteiger partial charge in [0.1, 0.15) is 0 Å². The van der Waals surface area contributed by atoms with E-state index < -0.39 is 0 Å². The first-order valence-electron chi connectivity index (χ1n) is 3.70. The van der Waals surface area contributed by atoms with Crippen molar-refractivity contribution < 1.29 is 4.74 Å². The summed E-state index contributed by atoms with van der Waals surface area (Å²) in [6.07, 6.45) is -0.185. The minimum Gasteiger partial charge on any atom is -0.374 e. The van der Waals surface area contributed by atoms with Gasteiger partial charge < -0.3 is 4.74 Å². The van der Waals surface area contributed by atoms with E-state index in [0.717, 1.165) is 5.56 Å². The van der Waals surface area contributed by atoms with Crippen LogP contribution in [0, 0.1) is 6.92 Å². The highest BCUT2D eigenvalue weighted by atomic mass is 16.5. The van der Waals surface area contributed by atoms with Gasteiger partial charge in [0.15, 0.2) is 0 Å². The Bertz CT molecular complexity index is 191. The first-order chi connectivity index (χ1) is 5.29. The molecule has 0 N–H and O–H groups in total. The van der Waals surface area contributed by atoms with E-state index in [-0.39, 0.29) is 6.10 Å². The molecular weight excluding hydrogens is 136 g/mol. The first-order valence-corrected chi connectivity index (χ1v) is 3.70. The van der Waals surface area contributed by atoms with Crippen LogP contribution >= 0.6 is 0 Å². The smallest absolute Gasteiger partial charge is 0.0720 e. The Morgan fingerprint density at radius 1 is 1.36 bits per heavy atom. The zero-order chi connectivity index (χ0) is 8.10. The summed E-state index contributed by atoms with van der Waals surface area (Å²) in [7, 11) is 0. The van der Waals surface area contributed by atoms with E-state index in [0.29, 0.717) is 6.61 Å². The summed E-state index contributed by atoms with van der Waals surface area (Å²) in [5.41, 5.74) is 1.16. The predicted molar refractivity (Wildman–Crippen MR) is 45.0 cm³/mol. The van der Waals surface area contributed by atoms with Crippen molar-refractivity contribution in [1.82, 2.24) is 0 Å². The average Bonchev–Trinajstić information content (AvgIpc) is 2.03. The third-order valence-electron chi connectivity index (χ3n) is 1.36. The van der Waals surface area contributed by atoms with Crippen molar-refractivity contribution in [3.8, 4) is 0 Å². The molecule has 58 valence electrons. The van der Waals surface area contributed by atoms with Gasteiger partial charge in [0.2, 0.25) is 0 Å². The molecule has 1 rings (SSSR count). The molecule has 0 spiro atoms. The van der Waals surface area contributed by atoms with E-state index in [2.05, 4.69) is 0 Å². The molecular formula is C10H12O. The maximum Gasteiger partial charge on any atom is 0.0720 e. The molecule has 0 fully saturated rings. The van der Waals surface area contributed by atoms with Gasteiger partial charge >= 0.3 is 0 Å². The maximum atomic E-state index is 5.42. The Morgan fingerprint density at radius 2 is 2.00 bits per heavy atom. The molecule has 2 radical (unpaired) electrons. The van der Waals surface area contributed by atoms with Gasteiger partial charge in [-0.15, -0.1) is 0 Å². The Kier molecular flexibility index (Phi) is 3.12. The summed E-state index contributed by atoms with van der Waals surface area (Å²) in [5.74, 6) is 0. The Hall–Kier alpha value is -0.820. The summed E-state index contributed by atoms with van der Waals surface area (Å²) in [5, 5.41) is 0. The molecule has 1 aromatic rings. The fourth-order valence-corrected chi connectivity index (χ4v) is 0.802. The van der Waals surface area contributed by atoms with E-state index in [4.69, 9.17) is 11.7 Å². The summed E-state index contributed by atoms with van der Waals surface area (Å²) in [6.45, 7) is 7.84. The van der Waals surface area contributed by atoms with Gasteiger partial charge in [0, 0.05) is 0 Å². The van der Waals surface area contributed by atoms with Crippen LogP contribution in [0.25, 0.3) is 0 Å². The van der Waals surface area contributed by atoms with Gasteiger partial charge in [0.05, 0.1) is 12.7 Å². The molecule has 0 amide bonds. The highest BCUT2D eigenvalue weighted by molar-refractivity contribution is 5.13. The summed E-state index contributed by atoms with van der Waals surface area (Å²) in [6, 6.07) is 9.99. The van der Waals surface area contributed by atoms with Crippen molar-refractivity contribution in [2.45, 2.75) is 19.6 Å². The van der Waals surface area contributed by atoms with Crippen molar-refractivity contribution in [1.29, 1.82) is 0 Å². The summed E-state index contributed by atoms with van der Waals surface area (Å²) < 4.78 is 5.21. The lowest BCUT2D eigenvalue weighted by molar-refractivity contribution is 0.0823. The van der Waals surface area contributed by atoms with Crippen LogP contribution in [0.4, 0.5) is 0 Å². The Labute approximate surface area is 68.0 Å². The van der Waals surface area contributed by atoms with E-state index in [1.54, 1.807) is 0 Å². The number of benzene rings is 1. The fourth-order valence-electron chi connectivity index (χ4n) is 0.802. The van der Waals surface area contributed by atoms with Crippen LogP contribution in [0.5, 0.6) is 0 Å². The quantitative estimate of drug-likeness (QED) is 0.639. The molecule has 0 heterocycles. The summed E-state index contributed by atoms with van der Waals surface area (Å²) >= 11 is 0. The lowest BCUT2D eigenvalue weighted by atomic mass is 10.2. The number of rotatable bonds is 3. The third-order valence-corrected chi connectivity index (χ3v) is 1.36. The lowest BCUT2D eigenvalue weighted by Gasteiger charge is -2.05. The van der Waals surface area contributed by atoms with E-state index in [1.165, 1.54) is 0 Å². The molecule has 11 heavy (non-hydrogen) atoms. The third kappa shape index (κ3) is 3.19. The normalized spacial score (nSPS) is 10.5. The second-order valence-corrected chi connectivity index (χ2v) is 2.50. The van der Waals surface area contributed by atoms with Gasteiger partial charge in [-0.3, -0.25) is 0 Å². The molecule has 0 saturated carbocycles. The molecule has 0 aromatic heterocycles. The molecule has 1 atom stereocenters. The number of hydrogen-bond donors (Lipinski definition) is 0. The Balaban J connectivity index is 2.39. The average molecular weight is 148 g/mol. The first kappa shape index (κ1) is 8.28. The fraction of sp³-hybridized carbons (Fsp3) is 0.300. The monoisotopic (exact) mass is 148 g/mol. The largest absolute Gasteiger partial charge is 0.374 e. The molecule has 1 aromatic carbocycles. The number of hydrogen-bond acceptors (Lipinski definition) is 1. The van der Waals surface area contributed by atoms with Gasteiger partial charge in [-0.05, 0) is 19.4 Å². The van der Waals surface area contributed by atoms with Crippen molar-refractivity contribution in [2.75, 3.05) is 0 Å².